The number of allylic oxidation sites excluding steroid dienone is 17. The first kappa shape index (κ1) is 67.0. The summed E-state index contributed by atoms with van der Waals surface area (Å²) in [7, 11) is 0. The summed E-state index contributed by atoms with van der Waals surface area (Å²) >= 11 is 0. The van der Waals surface area contributed by atoms with Crippen molar-refractivity contribution in [3.63, 3.8) is 0 Å². The minimum absolute atomic E-state index is 0.0677. The fourth-order valence-electron chi connectivity index (χ4n) is 8.73. The molecule has 2 unspecified atom stereocenters. The van der Waals surface area contributed by atoms with Crippen LogP contribution in [0.1, 0.15) is 284 Å². The minimum atomic E-state index is -0.847. The van der Waals surface area contributed by atoms with E-state index in [0.29, 0.717) is 6.42 Å². The lowest BCUT2D eigenvalue weighted by Crippen LogP contribution is -2.45. The Hall–Kier alpha value is -2.95. The summed E-state index contributed by atoms with van der Waals surface area (Å²) < 4.78 is 0. The molecule has 0 aromatic heterocycles. The number of nitrogens with one attached hydrogen (secondary N) is 1. The van der Waals surface area contributed by atoms with Gasteiger partial charge in [-0.2, -0.15) is 0 Å². The molecular weight excluding hydrogens is 855 g/mol. The van der Waals surface area contributed by atoms with Crippen molar-refractivity contribution in [3.05, 3.63) is 109 Å². The molecule has 0 aliphatic heterocycles. The molecule has 0 radical (unpaired) electrons. The van der Waals surface area contributed by atoms with Crippen LogP contribution in [0, 0.1) is 0 Å². The molecule has 0 heterocycles. The van der Waals surface area contributed by atoms with Crippen molar-refractivity contribution in [2.24, 2.45) is 0 Å². The molecule has 3 N–H and O–H groups in total. The highest BCUT2D eigenvalue weighted by molar-refractivity contribution is 5.76. The van der Waals surface area contributed by atoms with E-state index in [-0.39, 0.29) is 12.5 Å². The number of hydrogen-bond acceptors (Lipinski definition) is 3. The van der Waals surface area contributed by atoms with Gasteiger partial charge in [0.25, 0.3) is 0 Å². The van der Waals surface area contributed by atoms with E-state index in [4.69, 9.17) is 0 Å². The molecule has 0 rings (SSSR count). The van der Waals surface area contributed by atoms with Gasteiger partial charge in [0.05, 0.1) is 18.8 Å². The molecule has 0 aromatic rings. The highest BCUT2D eigenvalue weighted by atomic mass is 16.3. The maximum Gasteiger partial charge on any atom is 0.220 e. The Balaban J connectivity index is 3.56. The maximum absolute atomic E-state index is 12.5. The molecule has 70 heavy (non-hydrogen) atoms. The van der Waals surface area contributed by atoms with Crippen LogP contribution >= 0.6 is 0 Å². The van der Waals surface area contributed by atoms with Gasteiger partial charge in [-0.1, -0.05) is 303 Å². The Bertz CT molecular complexity index is 1330. The zero-order chi connectivity index (χ0) is 50.6. The number of aliphatic hydroxyl groups is 2. The molecule has 4 heteroatoms. The van der Waals surface area contributed by atoms with Crippen LogP contribution in [0.5, 0.6) is 0 Å². The number of rotatable bonds is 54. The maximum atomic E-state index is 12.5. The topological polar surface area (TPSA) is 69.6 Å². The van der Waals surface area contributed by atoms with Crippen molar-refractivity contribution in [2.75, 3.05) is 6.61 Å². The van der Waals surface area contributed by atoms with E-state index in [2.05, 4.69) is 116 Å². The summed E-state index contributed by atoms with van der Waals surface area (Å²) in [6, 6.07) is -0.630. The Labute approximate surface area is 436 Å². The highest BCUT2D eigenvalue weighted by Crippen LogP contribution is 2.16. The number of carbonyl (C=O) groups excluding carboxylic acids is 1. The van der Waals surface area contributed by atoms with E-state index in [1.54, 1.807) is 6.08 Å². The number of amides is 1. The molecule has 4 nitrogen and oxygen atoms in total. The largest absolute Gasteiger partial charge is 0.394 e. The van der Waals surface area contributed by atoms with Gasteiger partial charge in [-0.3, -0.25) is 4.79 Å². The van der Waals surface area contributed by atoms with Crippen LogP contribution in [-0.2, 0) is 4.79 Å². The van der Waals surface area contributed by atoms with E-state index in [9.17, 15) is 15.0 Å². The van der Waals surface area contributed by atoms with Crippen LogP contribution in [0.25, 0.3) is 0 Å². The van der Waals surface area contributed by atoms with Gasteiger partial charge in [0.1, 0.15) is 0 Å². The number of carbonyl (C=O) groups is 1. The fourth-order valence-corrected chi connectivity index (χ4v) is 8.73. The third-order valence-electron chi connectivity index (χ3n) is 13.3. The van der Waals surface area contributed by atoms with Gasteiger partial charge in [0, 0.05) is 6.42 Å². The van der Waals surface area contributed by atoms with Gasteiger partial charge >= 0.3 is 0 Å². The normalized spacial score (nSPS) is 13.6. The molecule has 0 aliphatic rings. The number of hydrogen-bond donors (Lipinski definition) is 3. The van der Waals surface area contributed by atoms with Crippen molar-refractivity contribution < 1.29 is 15.0 Å². The van der Waals surface area contributed by atoms with Crippen LogP contribution in [-0.4, -0.2) is 34.9 Å². The monoisotopic (exact) mass is 970 g/mol. The first-order chi connectivity index (χ1) is 34.7. The molecule has 0 saturated carbocycles. The fraction of sp³-hybridized carbons (Fsp3) is 0.712. The van der Waals surface area contributed by atoms with Gasteiger partial charge < -0.3 is 15.5 Å². The van der Waals surface area contributed by atoms with E-state index in [1.165, 1.54) is 186 Å². The van der Waals surface area contributed by atoms with Crippen molar-refractivity contribution in [2.45, 2.75) is 296 Å². The van der Waals surface area contributed by atoms with Crippen LogP contribution in [0.15, 0.2) is 109 Å². The molecule has 1 amide bonds. The first-order valence-corrected chi connectivity index (χ1v) is 30.1. The quantitative estimate of drug-likeness (QED) is 0.0420. The molecule has 0 bridgehead atoms. The van der Waals surface area contributed by atoms with Gasteiger partial charge in [-0.05, 0) is 83.5 Å². The predicted octanol–water partition coefficient (Wildman–Crippen LogP) is 20.3. The van der Waals surface area contributed by atoms with E-state index in [0.717, 1.165) is 77.0 Å². The SMILES string of the molecule is CC/C=C\C/C=C\C/C=C\C/C=C\C/C=C\C/C=C\C/C=C\C/C=C\CCCCCCCCCCCCCCC(=O)NC(CO)C(O)/C=C/CCCCCCCCCCCCCCCCCCCCC. The van der Waals surface area contributed by atoms with E-state index < -0.39 is 12.1 Å². The van der Waals surface area contributed by atoms with Crippen molar-refractivity contribution in [1.82, 2.24) is 5.32 Å². The summed E-state index contributed by atoms with van der Waals surface area (Å²) in [4.78, 5) is 12.5. The van der Waals surface area contributed by atoms with Crippen LogP contribution < -0.4 is 5.32 Å². The Morgan fingerprint density at radius 1 is 0.357 bits per heavy atom. The summed E-state index contributed by atoms with van der Waals surface area (Å²) in [5.41, 5.74) is 0. The summed E-state index contributed by atoms with van der Waals surface area (Å²) in [5.74, 6) is -0.0677. The predicted molar refractivity (Wildman–Crippen MR) is 313 cm³/mol. The zero-order valence-corrected chi connectivity index (χ0v) is 46.3. The Kier molecular flexibility index (Phi) is 57.8. The van der Waals surface area contributed by atoms with E-state index in [1.807, 2.05) is 6.08 Å². The van der Waals surface area contributed by atoms with Gasteiger partial charge in [-0.15, -0.1) is 0 Å². The molecule has 2 atom stereocenters. The van der Waals surface area contributed by atoms with Gasteiger partial charge in [0.2, 0.25) is 5.91 Å². The minimum Gasteiger partial charge on any atom is -0.394 e. The lowest BCUT2D eigenvalue weighted by molar-refractivity contribution is -0.123. The van der Waals surface area contributed by atoms with Crippen LogP contribution in [0.4, 0.5) is 0 Å². The third kappa shape index (κ3) is 56.0. The second-order valence-electron chi connectivity index (χ2n) is 20.0. The number of unbranched alkanes of at least 4 members (excludes halogenated alkanes) is 31. The molecule has 0 aromatic carbocycles. The smallest absolute Gasteiger partial charge is 0.220 e. The lowest BCUT2D eigenvalue weighted by Gasteiger charge is -2.20. The average Bonchev–Trinajstić information content (AvgIpc) is 3.36. The van der Waals surface area contributed by atoms with Crippen molar-refractivity contribution >= 4 is 5.91 Å². The number of aliphatic hydroxyl groups excluding tert-OH is 2. The lowest BCUT2D eigenvalue weighted by atomic mass is 10.0. The average molecular weight is 971 g/mol. The summed E-state index contributed by atoms with van der Waals surface area (Å²) in [6.07, 6.45) is 91.1. The second kappa shape index (κ2) is 60.4. The summed E-state index contributed by atoms with van der Waals surface area (Å²) in [6.45, 7) is 4.21. The second-order valence-corrected chi connectivity index (χ2v) is 20.0. The molecule has 0 saturated heterocycles. The molecule has 0 aliphatic carbocycles. The third-order valence-corrected chi connectivity index (χ3v) is 13.3. The molecule has 0 spiro atoms. The standard InChI is InChI=1S/C66H115NO3/c1-3-5-7-9-11-13-15-17-19-21-23-25-26-27-28-29-30-31-32-33-34-35-36-37-38-39-40-42-44-46-48-50-52-54-56-58-60-62-66(70)67-64(63-68)65(69)61-59-57-55-53-51-49-47-45-43-41-24-22-20-18-16-14-12-10-8-6-4-2/h5,7,11,13,17,19,23,25,27-28,30-31,33-34,36-37,59,61,64-65,68-69H,3-4,6,8-10,12,14-16,18,20-22,24,26,29,32,35,38-58,60,62-63H2,1-2H3,(H,67,70)/b7-5-,13-11-,19-17-,25-23-,28-27-,31-30-,34-33-,37-36-,61-59+. The van der Waals surface area contributed by atoms with E-state index >= 15 is 0 Å². The van der Waals surface area contributed by atoms with Crippen LogP contribution in [0.3, 0.4) is 0 Å². The van der Waals surface area contributed by atoms with Crippen molar-refractivity contribution in [1.29, 1.82) is 0 Å². The molecule has 402 valence electrons. The highest BCUT2D eigenvalue weighted by Gasteiger charge is 2.18. The van der Waals surface area contributed by atoms with Gasteiger partial charge in [0.15, 0.2) is 0 Å². The first-order valence-electron chi connectivity index (χ1n) is 30.1. The molecular formula is C66H115NO3. The molecule has 0 fully saturated rings. The summed E-state index contributed by atoms with van der Waals surface area (Å²) in [5, 5.41) is 23.2. The Morgan fingerprint density at radius 3 is 0.943 bits per heavy atom. The van der Waals surface area contributed by atoms with Crippen LogP contribution in [0.2, 0.25) is 0 Å². The van der Waals surface area contributed by atoms with Crippen molar-refractivity contribution in [3.8, 4) is 0 Å². The van der Waals surface area contributed by atoms with Gasteiger partial charge in [-0.25, -0.2) is 0 Å². The Morgan fingerprint density at radius 2 is 0.629 bits per heavy atom. The zero-order valence-electron chi connectivity index (χ0n) is 46.3.